The van der Waals surface area contributed by atoms with Crippen LogP contribution in [0.2, 0.25) is 0 Å². The van der Waals surface area contributed by atoms with Crippen LogP contribution in [0.1, 0.15) is 13.3 Å². The molecule has 1 N–H and O–H groups in total. The van der Waals surface area contributed by atoms with Gasteiger partial charge < -0.3 is 5.32 Å². The fourth-order valence-corrected chi connectivity index (χ4v) is 1.87. The number of rotatable bonds is 2. The Labute approximate surface area is 103 Å². The fraction of sp³-hybridized carbons (Fsp3) is 0.333. The Balaban J connectivity index is 2.40. The number of urea groups is 1. The van der Waals surface area contributed by atoms with Gasteiger partial charge in [0.2, 0.25) is 5.91 Å². The standard InChI is InChI=1S/C12H12F2N2O2/c1-2-7-6-15-12(18)16(11(7)17)10-4-3-8(13)5-9(10)14/h3-5,7H,2,6H2,1H3,(H,15,18). The molecular formula is C12H12F2N2O2. The molecule has 2 rings (SSSR count). The summed E-state index contributed by atoms with van der Waals surface area (Å²) in [4.78, 5) is 24.4. The molecular weight excluding hydrogens is 242 g/mol. The molecule has 1 unspecified atom stereocenters. The van der Waals surface area contributed by atoms with E-state index in [-0.39, 0.29) is 18.2 Å². The minimum absolute atomic E-state index is 0.225. The molecule has 0 aromatic heterocycles. The van der Waals surface area contributed by atoms with Crippen molar-refractivity contribution >= 4 is 17.6 Å². The van der Waals surface area contributed by atoms with Crippen molar-refractivity contribution < 1.29 is 18.4 Å². The molecule has 1 aliphatic rings. The Hall–Kier alpha value is -1.98. The van der Waals surface area contributed by atoms with Gasteiger partial charge in [-0.2, -0.15) is 0 Å². The van der Waals surface area contributed by atoms with Gasteiger partial charge in [0.1, 0.15) is 11.6 Å². The molecule has 1 aromatic carbocycles. The number of amides is 3. The maximum absolute atomic E-state index is 13.6. The number of benzene rings is 1. The van der Waals surface area contributed by atoms with Crippen molar-refractivity contribution in [3.8, 4) is 0 Å². The summed E-state index contributed by atoms with van der Waals surface area (Å²) in [5, 5.41) is 2.51. The Morgan fingerprint density at radius 1 is 1.39 bits per heavy atom. The van der Waals surface area contributed by atoms with E-state index in [1.54, 1.807) is 6.92 Å². The van der Waals surface area contributed by atoms with Crippen LogP contribution in [-0.2, 0) is 4.79 Å². The molecule has 1 heterocycles. The summed E-state index contributed by atoms with van der Waals surface area (Å²) in [7, 11) is 0. The SMILES string of the molecule is CCC1CNC(=O)N(c2ccc(F)cc2F)C1=O. The Morgan fingerprint density at radius 2 is 2.11 bits per heavy atom. The van der Waals surface area contributed by atoms with E-state index in [9.17, 15) is 18.4 Å². The van der Waals surface area contributed by atoms with E-state index in [2.05, 4.69) is 5.32 Å². The summed E-state index contributed by atoms with van der Waals surface area (Å²) in [6.07, 6.45) is 0.540. The zero-order valence-corrected chi connectivity index (χ0v) is 9.74. The number of nitrogens with zero attached hydrogens (tertiary/aromatic N) is 1. The largest absolute Gasteiger partial charge is 0.337 e. The number of hydrogen-bond acceptors (Lipinski definition) is 2. The topological polar surface area (TPSA) is 49.4 Å². The van der Waals surface area contributed by atoms with Crippen LogP contribution >= 0.6 is 0 Å². The number of hydrogen-bond donors (Lipinski definition) is 1. The van der Waals surface area contributed by atoms with Gasteiger partial charge in [-0.05, 0) is 18.6 Å². The van der Waals surface area contributed by atoms with Crippen LogP contribution in [0, 0.1) is 17.6 Å². The Bertz CT molecular complexity index is 505. The lowest BCUT2D eigenvalue weighted by Crippen LogP contribution is -2.55. The first kappa shape index (κ1) is 12.5. The smallest absolute Gasteiger partial charge is 0.328 e. The van der Waals surface area contributed by atoms with Crippen LogP contribution in [0.3, 0.4) is 0 Å². The predicted molar refractivity (Wildman–Crippen MR) is 61.0 cm³/mol. The van der Waals surface area contributed by atoms with Gasteiger partial charge in [-0.3, -0.25) is 4.79 Å². The minimum atomic E-state index is -0.935. The third-order valence-corrected chi connectivity index (χ3v) is 2.92. The number of carbonyl (C=O) groups excluding carboxylic acids is 2. The summed E-state index contributed by atoms with van der Waals surface area (Å²) in [5.41, 5.74) is -0.225. The molecule has 3 amide bonds. The average molecular weight is 254 g/mol. The van der Waals surface area contributed by atoms with Gasteiger partial charge in [-0.25, -0.2) is 18.5 Å². The molecule has 0 bridgehead atoms. The van der Waals surface area contributed by atoms with Crippen molar-refractivity contribution in [3.63, 3.8) is 0 Å². The van der Waals surface area contributed by atoms with Crippen molar-refractivity contribution in [2.24, 2.45) is 5.92 Å². The highest BCUT2D eigenvalue weighted by Gasteiger charge is 2.35. The number of imide groups is 1. The molecule has 1 fully saturated rings. The maximum Gasteiger partial charge on any atom is 0.328 e. The van der Waals surface area contributed by atoms with E-state index in [1.165, 1.54) is 0 Å². The molecule has 1 atom stereocenters. The highest BCUT2D eigenvalue weighted by molar-refractivity contribution is 6.16. The monoisotopic (exact) mass is 254 g/mol. The van der Waals surface area contributed by atoms with Crippen LogP contribution in [0.5, 0.6) is 0 Å². The second-order valence-corrected chi connectivity index (χ2v) is 4.06. The zero-order chi connectivity index (χ0) is 13.3. The number of carbonyl (C=O) groups is 2. The van der Waals surface area contributed by atoms with Crippen molar-refractivity contribution in [1.82, 2.24) is 5.32 Å². The van der Waals surface area contributed by atoms with Crippen molar-refractivity contribution in [1.29, 1.82) is 0 Å². The van der Waals surface area contributed by atoms with Crippen LogP contribution in [0.4, 0.5) is 19.3 Å². The van der Waals surface area contributed by atoms with Gasteiger partial charge >= 0.3 is 6.03 Å². The molecule has 0 spiro atoms. The second-order valence-electron chi connectivity index (χ2n) is 4.06. The summed E-state index contributed by atoms with van der Waals surface area (Å²) in [6.45, 7) is 2.05. The van der Waals surface area contributed by atoms with E-state index in [0.717, 1.165) is 17.0 Å². The van der Waals surface area contributed by atoms with Gasteiger partial charge in [0.25, 0.3) is 0 Å². The summed E-state index contributed by atoms with van der Waals surface area (Å²) >= 11 is 0. The normalized spacial score (nSPS) is 19.9. The van der Waals surface area contributed by atoms with Gasteiger partial charge in [0.15, 0.2) is 0 Å². The van der Waals surface area contributed by atoms with E-state index >= 15 is 0 Å². The van der Waals surface area contributed by atoms with Crippen LogP contribution < -0.4 is 10.2 Å². The van der Waals surface area contributed by atoms with Crippen molar-refractivity contribution in [2.45, 2.75) is 13.3 Å². The first-order valence-electron chi connectivity index (χ1n) is 5.61. The lowest BCUT2D eigenvalue weighted by atomic mass is 10.0. The van der Waals surface area contributed by atoms with Crippen molar-refractivity contribution in [3.05, 3.63) is 29.8 Å². The van der Waals surface area contributed by atoms with Crippen molar-refractivity contribution in [2.75, 3.05) is 11.4 Å². The third kappa shape index (κ3) is 2.05. The van der Waals surface area contributed by atoms with Crippen LogP contribution in [0.25, 0.3) is 0 Å². The van der Waals surface area contributed by atoms with Crippen LogP contribution in [-0.4, -0.2) is 18.5 Å². The Kier molecular flexibility index (Phi) is 3.27. The quantitative estimate of drug-likeness (QED) is 0.878. The first-order valence-corrected chi connectivity index (χ1v) is 5.61. The zero-order valence-electron chi connectivity index (χ0n) is 9.74. The first-order chi connectivity index (χ1) is 8.54. The molecule has 0 aliphatic carbocycles. The number of nitrogens with one attached hydrogen (secondary N) is 1. The second kappa shape index (κ2) is 4.72. The van der Waals surface area contributed by atoms with Gasteiger partial charge in [0.05, 0.1) is 11.6 Å². The minimum Gasteiger partial charge on any atom is -0.337 e. The molecule has 1 aliphatic heterocycles. The van der Waals surface area contributed by atoms with Crippen LogP contribution in [0.15, 0.2) is 18.2 Å². The number of anilines is 1. The average Bonchev–Trinajstić information content (AvgIpc) is 2.32. The molecule has 1 saturated heterocycles. The molecule has 0 radical (unpaired) electrons. The third-order valence-electron chi connectivity index (χ3n) is 2.92. The summed E-state index contributed by atoms with van der Waals surface area (Å²) in [5.74, 6) is -2.54. The van der Waals surface area contributed by atoms with E-state index in [0.29, 0.717) is 12.5 Å². The highest BCUT2D eigenvalue weighted by Crippen LogP contribution is 2.24. The van der Waals surface area contributed by atoms with E-state index in [4.69, 9.17) is 0 Å². The maximum atomic E-state index is 13.6. The highest BCUT2D eigenvalue weighted by atomic mass is 19.1. The van der Waals surface area contributed by atoms with Gasteiger partial charge in [0, 0.05) is 12.6 Å². The lowest BCUT2D eigenvalue weighted by Gasteiger charge is -2.30. The Morgan fingerprint density at radius 3 is 2.72 bits per heavy atom. The molecule has 0 saturated carbocycles. The predicted octanol–water partition coefficient (Wildman–Crippen LogP) is 2.05. The van der Waals surface area contributed by atoms with Gasteiger partial charge in [-0.1, -0.05) is 6.92 Å². The van der Waals surface area contributed by atoms with Gasteiger partial charge in [-0.15, -0.1) is 0 Å². The van der Waals surface area contributed by atoms with E-state index in [1.807, 2.05) is 0 Å². The number of halogens is 2. The molecule has 1 aromatic rings. The molecule has 18 heavy (non-hydrogen) atoms. The lowest BCUT2D eigenvalue weighted by molar-refractivity contribution is -0.122. The molecule has 4 nitrogen and oxygen atoms in total. The summed E-state index contributed by atoms with van der Waals surface area (Å²) < 4.78 is 26.4. The summed E-state index contributed by atoms with van der Waals surface area (Å²) in [6, 6.07) is 2.05. The fourth-order valence-electron chi connectivity index (χ4n) is 1.87. The van der Waals surface area contributed by atoms with E-state index < -0.39 is 23.6 Å². The molecule has 96 valence electrons. The molecule has 6 heteroatoms.